The maximum Gasteiger partial charge on any atom is 0.0148 e. The minimum Gasteiger partial charge on any atom is -0.125 e. The van der Waals surface area contributed by atoms with Crippen molar-refractivity contribution in [2.24, 2.45) is 5.92 Å². The van der Waals surface area contributed by atoms with Crippen LogP contribution in [0.25, 0.3) is 0 Å². The lowest BCUT2D eigenvalue weighted by Gasteiger charge is -2.20. The number of benzene rings is 1. The van der Waals surface area contributed by atoms with Gasteiger partial charge in [0.05, 0.1) is 0 Å². The summed E-state index contributed by atoms with van der Waals surface area (Å²) in [6.45, 7) is 0. The monoisotopic (exact) mass is 324 g/mol. The van der Waals surface area contributed by atoms with Gasteiger partial charge in [-0.25, -0.2) is 0 Å². The van der Waals surface area contributed by atoms with E-state index in [1.54, 1.807) is 5.56 Å². The van der Waals surface area contributed by atoms with Gasteiger partial charge in [-0.3, -0.25) is 0 Å². The summed E-state index contributed by atoms with van der Waals surface area (Å²) in [5.41, 5.74) is 1.62. The van der Waals surface area contributed by atoms with Crippen LogP contribution in [0, 0.1) is 5.92 Å². The third-order valence-corrected chi connectivity index (χ3v) is 6.47. The minimum absolute atomic E-state index is 0.772. The molecule has 1 aromatic carbocycles. The van der Waals surface area contributed by atoms with Crippen molar-refractivity contribution in [1.82, 2.24) is 0 Å². The van der Waals surface area contributed by atoms with E-state index in [-0.39, 0.29) is 0 Å². The number of fused-ring (bicyclic) bond motifs is 1. The van der Waals surface area contributed by atoms with E-state index in [1.807, 2.05) is 0 Å². The van der Waals surface area contributed by atoms with Gasteiger partial charge in [-0.15, -0.1) is 11.8 Å². The summed E-state index contributed by atoms with van der Waals surface area (Å²) < 4.78 is 0. The Morgan fingerprint density at radius 3 is 2.94 bits per heavy atom. The van der Waals surface area contributed by atoms with Gasteiger partial charge >= 0.3 is 0 Å². The molecule has 0 saturated heterocycles. The summed E-state index contributed by atoms with van der Waals surface area (Å²) in [6, 6.07) is 9.02. The van der Waals surface area contributed by atoms with Gasteiger partial charge in [-0.1, -0.05) is 53.4 Å². The number of rotatable bonds is 2. The number of halogens is 1. The second kappa shape index (κ2) is 6.00. The molecule has 0 N–H and O–H groups in total. The highest BCUT2D eigenvalue weighted by Gasteiger charge is 2.27. The molecule has 0 bridgehead atoms. The fourth-order valence-corrected chi connectivity index (χ4v) is 5.56. The normalized spacial score (nSPS) is 31.9. The largest absolute Gasteiger partial charge is 0.125 e. The highest BCUT2D eigenvalue weighted by atomic mass is 79.9. The number of alkyl halides is 1. The third kappa shape index (κ3) is 2.96. The van der Waals surface area contributed by atoms with Gasteiger partial charge in [0.2, 0.25) is 0 Å². The molecule has 2 aliphatic rings. The topological polar surface area (TPSA) is 0 Å². The Bertz CT molecular complexity index is 404. The zero-order valence-corrected chi connectivity index (χ0v) is 13.2. The van der Waals surface area contributed by atoms with E-state index < -0.39 is 0 Å². The maximum atomic E-state index is 3.85. The lowest BCUT2D eigenvalue weighted by Crippen LogP contribution is -2.10. The van der Waals surface area contributed by atoms with Crippen LogP contribution in [0.15, 0.2) is 29.2 Å². The third-order valence-electron chi connectivity index (χ3n) is 4.39. The molecule has 1 fully saturated rings. The first-order valence-electron chi connectivity index (χ1n) is 7.18. The van der Waals surface area contributed by atoms with Crippen molar-refractivity contribution >= 4 is 27.7 Å². The van der Waals surface area contributed by atoms with Crippen molar-refractivity contribution in [3.63, 3.8) is 0 Å². The Labute approximate surface area is 123 Å². The van der Waals surface area contributed by atoms with Crippen LogP contribution >= 0.6 is 27.7 Å². The molecule has 2 heteroatoms. The summed E-state index contributed by atoms with van der Waals surface area (Å²) >= 11 is 5.91. The molecule has 0 amide bonds. The standard InChI is InChI=1S/C16H21BrS/c17-14-6-2-1-5-12(10-14)9-13-11-18-16-8-4-3-7-15(13)16/h3-4,7-8,12-14H,1-2,5-6,9-11H2. The van der Waals surface area contributed by atoms with Gasteiger partial charge in [-0.2, -0.15) is 0 Å². The minimum atomic E-state index is 0.772. The number of hydrogen-bond donors (Lipinski definition) is 0. The first kappa shape index (κ1) is 13.1. The van der Waals surface area contributed by atoms with Crippen LogP contribution in [0.1, 0.15) is 50.0 Å². The fraction of sp³-hybridized carbons (Fsp3) is 0.625. The number of thioether (sulfide) groups is 1. The van der Waals surface area contributed by atoms with E-state index >= 15 is 0 Å². The van der Waals surface area contributed by atoms with Gasteiger partial charge in [0.15, 0.2) is 0 Å². The summed E-state index contributed by atoms with van der Waals surface area (Å²) in [6.07, 6.45) is 8.49. The molecule has 1 aliphatic heterocycles. The van der Waals surface area contributed by atoms with Crippen LogP contribution in [0.2, 0.25) is 0 Å². The van der Waals surface area contributed by atoms with Crippen molar-refractivity contribution in [2.75, 3.05) is 5.75 Å². The van der Waals surface area contributed by atoms with Gasteiger partial charge < -0.3 is 0 Å². The van der Waals surface area contributed by atoms with Crippen LogP contribution in [0.5, 0.6) is 0 Å². The zero-order chi connectivity index (χ0) is 12.4. The lowest BCUT2D eigenvalue weighted by molar-refractivity contribution is 0.406. The van der Waals surface area contributed by atoms with Crippen LogP contribution in [0.3, 0.4) is 0 Å². The smallest absolute Gasteiger partial charge is 0.0148 e. The SMILES string of the molecule is BrC1CCCCC(CC2CSc3ccccc32)C1. The van der Waals surface area contributed by atoms with Crippen molar-refractivity contribution in [2.45, 2.75) is 54.2 Å². The van der Waals surface area contributed by atoms with E-state index in [2.05, 4.69) is 52.0 Å². The molecular formula is C16H21BrS. The summed E-state index contributed by atoms with van der Waals surface area (Å²) in [4.78, 5) is 2.31. The molecule has 1 saturated carbocycles. The Balaban J connectivity index is 1.66. The molecular weight excluding hydrogens is 304 g/mol. The summed E-state index contributed by atoms with van der Waals surface area (Å²) in [7, 11) is 0. The first-order valence-corrected chi connectivity index (χ1v) is 9.09. The van der Waals surface area contributed by atoms with Crippen molar-refractivity contribution in [1.29, 1.82) is 0 Å². The van der Waals surface area contributed by atoms with E-state index in [0.29, 0.717) is 0 Å². The summed E-state index contributed by atoms with van der Waals surface area (Å²) in [5, 5.41) is 0. The molecule has 0 aromatic heterocycles. The molecule has 0 radical (unpaired) electrons. The number of hydrogen-bond acceptors (Lipinski definition) is 1. The Morgan fingerprint density at radius 1 is 1.17 bits per heavy atom. The van der Waals surface area contributed by atoms with E-state index in [0.717, 1.165) is 16.7 Å². The van der Waals surface area contributed by atoms with Crippen LogP contribution in [0.4, 0.5) is 0 Å². The van der Waals surface area contributed by atoms with E-state index in [1.165, 1.54) is 49.2 Å². The van der Waals surface area contributed by atoms with Crippen molar-refractivity contribution in [3.8, 4) is 0 Å². The molecule has 18 heavy (non-hydrogen) atoms. The molecule has 3 rings (SSSR count). The van der Waals surface area contributed by atoms with Crippen LogP contribution < -0.4 is 0 Å². The zero-order valence-electron chi connectivity index (χ0n) is 10.8. The quantitative estimate of drug-likeness (QED) is 0.503. The molecule has 3 unspecified atom stereocenters. The molecule has 1 aromatic rings. The first-order chi connectivity index (χ1) is 8.83. The van der Waals surface area contributed by atoms with Gasteiger partial charge in [0.25, 0.3) is 0 Å². The highest BCUT2D eigenvalue weighted by Crippen LogP contribution is 2.44. The average molecular weight is 325 g/mol. The molecule has 98 valence electrons. The Kier molecular flexibility index (Phi) is 4.35. The molecule has 3 atom stereocenters. The van der Waals surface area contributed by atoms with Gasteiger partial charge in [0, 0.05) is 15.5 Å². The average Bonchev–Trinajstić information content (AvgIpc) is 2.66. The Morgan fingerprint density at radius 2 is 2.00 bits per heavy atom. The lowest BCUT2D eigenvalue weighted by atomic mass is 9.86. The highest BCUT2D eigenvalue weighted by molar-refractivity contribution is 9.09. The maximum absolute atomic E-state index is 3.85. The van der Waals surface area contributed by atoms with E-state index in [4.69, 9.17) is 0 Å². The van der Waals surface area contributed by atoms with Crippen LogP contribution in [-0.4, -0.2) is 10.6 Å². The molecule has 1 aliphatic carbocycles. The van der Waals surface area contributed by atoms with Crippen molar-refractivity contribution in [3.05, 3.63) is 29.8 Å². The van der Waals surface area contributed by atoms with Crippen molar-refractivity contribution < 1.29 is 0 Å². The molecule has 0 nitrogen and oxygen atoms in total. The predicted molar refractivity (Wildman–Crippen MR) is 83.8 cm³/mol. The van der Waals surface area contributed by atoms with Gasteiger partial charge in [-0.05, 0) is 42.7 Å². The second-order valence-corrected chi connectivity index (χ2v) is 8.12. The predicted octanol–water partition coefficient (Wildman–Crippen LogP) is 5.61. The van der Waals surface area contributed by atoms with Crippen LogP contribution in [-0.2, 0) is 0 Å². The summed E-state index contributed by atoms with van der Waals surface area (Å²) in [5.74, 6) is 3.06. The van der Waals surface area contributed by atoms with Gasteiger partial charge in [0.1, 0.15) is 0 Å². The molecule has 1 heterocycles. The molecule has 0 spiro atoms. The Hall–Kier alpha value is 0.0500. The fourth-order valence-electron chi connectivity index (χ4n) is 3.44. The van der Waals surface area contributed by atoms with E-state index in [9.17, 15) is 0 Å². The second-order valence-electron chi connectivity index (χ2n) is 5.76.